The Balaban J connectivity index is 2.08. The smallest absolute Gasteiger partial charge is 0.0625 e. The summed E-state index contributed by atoms with van der Waals surface area (Å²) in [5, 5.41) is 0.0635. The van der Waals surface area contributed by atoms with Crippen molar-refractivity contribution >= 4 is 11.6 Å². The van der Waals surface area contributed by atoms with Gasteiger partial charge in [-0.2, -0.15) is 0 Å². The molecule has 0 bridgehead atoms. The highest BCUT2D eigenvalue weighted by atomic mass is 35.5. The van der Waals surface area contributed by atoms with Crippen LogP contribution in [0.2, 0.25) is 0 Å². The Morgan fingerprint density at radius 2 is 1.33 bits per heavy atom. The zero-order valence-electron chi connectivity index (χ0n) is 8.44. The molecule has 0 saturated carbocycles. The van der Waals surface area contributed by atoms with E-state index in [1.165, 1.54) is 11.1 Å². The lowest BCUT2D eigenvalue weighted by molar-refractivity contribution is 0.920. The van der Waals surface area contributed by atoms with Crippen LogP contribution in [0.15, 0.2) is 60.7 Å². The van der Waals surface area contributed by atoms with Crippen molar-refractivity contribution in [2.24, 2.45) is 0 Å². The molecule has 0 N–H and O–H groups in total. The van der Waals surface area contributed by atoms with Crippen molar-refractivity contribution in [1.82, 2.24) is 0 Å². The van der Waals surface area contributed by atoms with Crippen LogP contribution in [0.25, 0.3) is 0 Å². The molecule has 0 nitrogen and oxygen atoms in total. The van der Waals surface area contributed by atoms with Gasteiger partial charge >= 0.3 is 0 Å². The molecule has 0 aromatic heterocycles. The molecule has 0 heterocycles. The van der Waals surface area contributed by atoms with Crippen LogP contribution < -0.4 is 0 Å². The zero-order valence-corrected chi connectivity index (χ0v) is 9.19. The molecular formula is C14H13Cl. The second-order valence-electron chi connectivity index (χ2n) is 3.57. The highest BCUT2D eigenvalue weighted by Crippen LogP contribution is 2.24. The largest absolute Gasteiger partial charge is 0.117 e. The van der Waals surface area contributed by atoms with Gasteiger partial charge in [0, 0.05) is 0 Å². The molecule has 0 amide bonds. The van der Waals surface area contributed by atoms with Crippen LogP contribution >= 0.6 is 11.6 Å². The Morgan fingerprint density at radius 1 is 0.800 bits per heavy atom. The first-order valence-electron chi connectivity index (χ1n) is 5.09. The molecular weight excluding hydrogens is 204 g/mol. The third-order valence-electron chi connectivity index (χ3n) is 2.42. The van der Waals surface area contributed by atoms with E-state index in [0.717, 1.165) is 6.42 Å². The van der Waals surface area contributed by atoms with Crippen LogP contribution in [-0.4, -0.2) is 0 Å². The van der Waals surface area contributed by atoms with Crippen molar-refractivity contribution in [1.29, 1.82) is 0 Å². The monoisotopic (exact) mass is 216 g/mol. The normalized spacial score (nSPS) is 12.3. The summed E-state index contributed by atoms with van der Waals surface area (Å²) in [7, 11) is 0. The van der Waals surface area contributed by atoms with E-state index in [1.807, 2.05) is 36.4 Å². The fourth-order valence-corrected chi connectivity index (χ4v) is 1.92. The molecule has 1 heteroatoms. The number of halogens is 1. The average Bonchev–Trinajstić information content (AvgIpc) is 2.31. The van der Waals surface area contributed by atoms with Crippen molar-refractivity contribution in [3.05, 3.63) is 71.8 Å². The fraction of sp³-hybridized carbons (Fsp3) is 0.143. The van der Waals surface area contributed by atoms with Crippen molar-refractivity contribution in [3.8, 4) is 0 Å². The lowest BCUT2D eigenvalue weighted by Crippen LogP contribution is -1.94. The number of alkyl halides is 1. The van der Waals surface area contributed by atoms with E-state index in [0.29, 0.717) is 0 Å². The summed E-state index contributed by atoms with van der Waals surface area (Å²) in [4.78, 5) is 0. The van der Waals surface area contributed by atoms with E-state index in [1.54, 1.807) is 0 Å². The third kappa shape index (κ3) is 2.84. The molecule has 0 aliphatic rings. The minimum atomic E-state index is 0.0635. The summed E-state index contributed by atoms with van der Waals surface area (Å²) in [6.07, 6.45) is 0.881. The van der Waals surface area contributed by atoms with Crippen LogP contribution in [0, 0.1) is 0 Å². The Hall–Kier alpha value is -1.27. The van der Waals surface area contributed by atoms with Gasteiger partial charge in [-0.1, -0.05) is 60.7 Å². The summed E-state index contributed by atoms with van der Waals surface area (Å²) in [6.45, 7) is 0. The summed E-state index contributed by atoms with van der Waals surface area (Å²) >= 11 is 6.34. The van der Waals surface area contributed by atoms with Crippen LogP contribution in [0.3, 0.4) is 0 Å². The zero-order chi connectivity index (χ0) is 10.5. The van der Waals surface area contributed by atoms with Gasteiger partial charge in [0.25, 0.3) is 0 Å². The second kappa shape index (κ2) is 4.99. The molecule has 0 spiro atoms. The maximum atomic E-state index is 6.34. The van der Waals surface area contributed by atoms with Gasteiger partial charge in [0.1, 0.15) is 0 Å². The van der Waals surface area contributed by atoms with Crippen LogP contribution in [0.1, 0.15) is 16.5 Å². The molecule has 0 unspecified atom stereocenters. The maximum absolute atomic E-state index is 6.34. The number of rotatable bonds is 3. The average molecular weight is 217 g/mol. The van der Waals surface area contributed by atoms with E-state index in [2.05, 4.69) is 24.3 Å². The van der Waals surface area contributed by atoms with Crippen LogP contribution in [-0.2, 0) is 6.42 Å². The van der Waals surface area contributed by atoms with Gasteiger partial charge in [0.2, 0.25) is 0 Å². The third-order valence-corrected chi connectivity index (χ3v) is 2.83. The van der Waals surface area contributed by atoms with Crippen LogP contribution in [0.5, 0.6) is 0 Å². The number of benzene rings is 2. The van der Waals surface area contributed by atoms with Crippen molar-refractivity contribution in [2.45, 2.75) is 11.8 Å². The van der Waals surface area contributed by atoms with E-state index < -0.39 is 0 Å². The molecule has 0 fully saturated rings. The first-order chi connectivity index (χ1) is 7.36. The molecule has 2 aromatic rings. The molecule has 2 aromatic carbocycles. The van der Waals surface area contributed by atoms with E-state index in [-0.39, 0.29) is 5.38 Å². The molecule has 0 aliphatic heterocycles. The first kappa shape index (κ1) is 10.3. The Bertz CT molecular complexity index is 394. The minimum absolute atomic E-state index is 0.0635. The van der Waals surface area contributed by atoms with Gasteiger partial charge < -0.3 is 0 Å². The second-order valence-corrected chi connectivity index (χ2v) is 4.09. The van der Waals surface area contributed by atoms with E-state index >= 15 is 0 Å². The molecule has 0 radical (unpaired) electrons. The van der Waals surface area contributed by atoms with E-state index in [9.17, 15) is 0 Å². The molecule has 1 atom stereocenters. The van der Waals surface area contributed by atoms with Gasteiger partial charge in [0.15, 0.2) is 0 Å². The Kier molecular flexibility index (Phi) is 3.41. The Morgan fingerprint density at radius 3 is 1.93 bits per heavy atom. The summed E-state index contributed by atoms with van der Waals surface area (Å²) in [5.41, 5.74) is 2.46. The predicted molar refractivity (Wildman–Crippen MR) is 65.2 cm³/mol. The van der Waals surface area contributed by atoms with Gasteiger partial charge in [-0.05, 0) is 17.5 Å². The van der Waals surface area contributed by atoms with Gasteiger partial charge in [-0.15, -0.1) is 11.6 Å². The Labute approximate surface area is 95.5 Å². The summed E-state index contributed by atoms with van der Waals surface area (Å²) in [6, 6.07) is 20.5. The predicted octanol–water partition coefficient (Wildman–Crippen LogP) is 4.21. The van der Waals surface area contributed by atoms with Gasteiger partial charge in [-0.25, -0.2) is 0 Å². The fourth-order valence-electron chi connectivity index (χ4n) is 1.60. The number of hydrogen-bond donors (Lipinski definition) is 0. The standard InChI is InChI=1S/C14H13Cl/c15-14(13-9-5-2-6-10-13)11-12-7-3-1-4-8-12/h1-10,14H,11H2/t14-/m0/s1. The molecule has 76 valence electrons. The summed E-state index contributed by atoms with van der Waals surface area (Å²) in [5.74, 6) is 0. The molecule has 2 rings (SSSR count). The van der Waals surface area contributed by atoms with Crippen molar-refractivity contribution in [3.63, 3.8) is 0 Å². The minimum Gasteiger partial charge on any atom is -0.117 e. The van der Waals surface area contributed by atoms with Crippen molar-refractivity contribution in [2.75, 3.05) is 0 Å². The maximum Gasteiger partial charge on any atom is 0.0625 e. The van der Waals surface area contributed by atoms with Gasteiger partial charge in [0.05, 0.1) is 5.38 Å². The van der Waals surface area contributed by atoms with Gasteiger partial charge in [-0.3, -0.25) is 0 Å². The number of hydrogen-bond acceptors (Lipinski definition) is 0. The topological polar surface area (TPSA) is 0 Å². The summed E-state index contributed by atoms with van der Waals surface area (Å²) < 4.78 is 0. The lowest BCUT2D eigenvalue weighted by Gasteiger charge is -2.09. The lowest BCUT2D eigenvalue weighted by atomic mass is 10.0. The molecule has 0 aliphatic carbocycles. The highest BCUT2D eigenvalue weighted by molar-refractivity contribution is 6.20. The highest BCUT2D eigenvalue weighted by Gasteiger charge is 2.07. The molecule has 15 heavy (non-hydrogen) atoms. The van der Waals surface area contributed by atoms with Crippen LogP contribution in [0.4, 0.5) is 0 Å². The first-order valence-corrected chi connectivity index (χ1v) is 5.53. The van der Waals surface area contributed by atoms with Crippen molar-refractivity contribution < 1.29 is 0 Å². The SMILES string of the molecule is Cl[C@@H](Cc1ccccc1)c1ccccc1. The molecule has 0 saturated heterocycles. The quantitative estimate of drug-likeness (QED) is 0.675. The van der Waals surface area contributed by atoms with E-state index in [4.69, 9.17) is 11.6 Å².